The van der Waals surface area contributed by atoms with Gasteiger partial charge in [-0.2, -0.15) is 10.2 Å². The highest BCUT2D eigenvalue weighted by Crippen LogP contribution is 2.34. The van der Waals surface area contributed by atoms with Crippen LogP contribution in [0.2, 0.25) is 0 Å². The third-order valence-corrected chi connectivity index (χ3v) is 5.99. The van der Waals surface area contributed by atoms with Gasteiger partial charge in [0.25, 0.3) is 0 Å². The molecule has 0 aliphatic rings. The monoisotopic (exact) mass is 540 g/mol. The van der Waals surface area contributed by atoms with Crippen LogP contribution in [0.15, 0.2) is 60.7 Å². The Morgan fingerprint density at radius 2 is 1.00 bits per heavy atom. The van der Waals surface area contributed by atoms with Crippen molar-refractivity contribution in [1.82, 2.24) is 30.4 Å². The van der Waals surface area contributed by atoms with E-state index >= 15 is 0 Å². The summed E-state index contributed by atoms with van der Waals surface area (Å²) < 4.78 is 22.9. The van der Waals surface area contributed by atoms with Gasteiger partial charge in [-0.3, -0.25) is 10.2 Å². The Hall–Kier alpha value is -4.86. The van der Waals surface area contributed by atoms with Gasteiger partial charge < -0.3 is 18.9 Å². The van der Waals surface area contributed by atoms with Crippen molar-refractivity contribution in [2.24, 2.45) is 0 Å². The van der Waals surface area contributed by atoms with E-state index in [1.807, 2.05) is 88.4 Å². The molecule has 2 heterocycles. The Morgan fingerprint density at radius 3 is 1.43 bits per heavy atom. The SMILES string of the molecule is CCOc1ccc(-c2nc(-c3cccc(-c4n[nH]c(-c5ccc(OCC)cc5OCC)n4)c3)n[nH]2)c(OCC)c1. The number of aromatic nitrogens is 6. The van der Waals surface area contributed by atoms with Crippen LogP contribution in [0.5, 0.6) is 23.0 Å². The average Bonchev–Trinajstić information content (AvgIpc) is 3.65. The Labute approximate surface area is 232 Å². The lowest BCUT2D eigenvalue weighted by Gasteiger charge is -2.10. The van der Waals surface area contributed by atoms with Gasteiger partial charge >= 0.3 is 0 Å². The van der Waals surface area contributed by atoms with Crippen molar-refractivity contribution in [3.05, 3.63) is 60.7 Å². The van der Waals surface area contributed by atoms with Crippen molar-refractivity contribution in [2.75, 3.05) is 26.4 Å². The predicted molar refractivity (Wildman–Crippen MR) is 153 cm³/mol. The van der Waals surface area contributed by atoms with E-state index in [0.29, 0.717) is 61.2 Å². The number of hydrogen-bond donors (Lipinski definition) is 2. The summed E-state index contributed by atoms with van der Waals surface area (Å²) >= 11 is 0. The maximum absolute atomic E-state index is 5.85. The third-order valence-electron chi connectivity index (χ3n) is 5.99. The molecular formula is C30H32N6O4. The van der Waals surface area contributed by atoms with Gasteiger partial charge in [0.1, 0.15) is 23.0 Å². The minimum absolute atomic E-state index is 0.521. The van der Waals surface area contributed by atoms with Gasteiger partial charge in [-0.15, -0.1) is 0 Å². The third kappa shape index (κ3) is 5.75. The Kier molecular flexibility index (Phi) is 8.24. The van der Waals surface area contributed by atoms with Crippen molar-refractivity contribution in [1.29, 1.82) is 0 Å². The highest BCUT2D eigenvalue weighted by atomic mass is 16.5. The molecule has 0 unspecified atom stereocenters. The highest BCUT2D eigenvalue weighted by Gasteiger charge is 2.17. The topological polar surface area (TPSA) is 120 Å². The molecule has 0 fully saturated rings. The minimum Gasteiger partial charge on any atom is -0.494 e. The first-order valence-corrected chi connectivity index (χ1v) is 13.4. The number of benzene rings is 3. The molecule has 0 atom stereocenters. The standard InChI is InChI=1S/C30H32N6O4/c1-5-37-21-12-14-23(25(17-21)39-7-3)29-31-27(33-35-29)19-10-9-11-20(16-19)28-32-30(36-34-28)24-15-13-22(38-6-2)18-26(24)40-8-4/h9-18H,5-8H2,1-4H3,(H,31,33,35)(H,32,34,36). The van der Waals surface area contributed by atoms with Crippen molar-refractivity contribution in [3.8, 4) is 68.5 Å². The van der Waals surface area contributed by atoms with Crippen LogP contribution in [0.3, 0.4) is 0 Å². The fourth-order valence-electron chi connectivity index (χ4n) is 4.28. The molecule has 0 bridgehead atoms. The molecule has 0 radical (unpaired) electrons. The van der Waals surface area contributed by atoms with E-state index < -0.39 is 0 Å². The number of nitrogens with one attached hydrogen (secondary N) is 2. The van der Waals surface area contributed by atoms with Crippen LogP contribution in [-0.2, 0) is 0 Å². The van der Waals surface area contributed by atoms with Gasteiger partial charge in [0, 0.05) is 23.3 Å². The number of aromatic amines is 2. The van der Waals surface area contributed by atoms with E-state index in [9.17, 15) is 0 Å². The quantitative estimate of drug-likeness (QED) is 0.192. The van der Waals surface area contributed by atoms with E-state index in [1.165, 1.54) is 0 Å². The van der Waals surface area contributed by atoms with Crippen molar-refractivity contribution in [3.63, 3.8) is 0 Å². The van der Waals surface area contributed by atoms with Gasteiger partial charge in [0.05, 0.1) is 37.6 Å². The summed E-state index contributed by atoms with van der Waals surface area (Å²) in [6.07, 6.45) is 0. The molecule has 10 nitrogen and oxygen atoms in total. The zero-order valence-corrected chi connectivity index (χ0v) is 23.0. The second kappa shape index (κ2) is 12.3. The molecule has 0 aliphatic heterocycles. The summed E-state index contributed by atoms with van der Waals surface area (Å²) in [5, 5.41) is 15.0. The lowest BCUT2D eigenvalue weighted by Crippen LogP contribution is -1.97. The van der Waals surface area contributed by atoms with Gasteiger partial charge in [-0.1, -0.05) is 18.2 Å². The number of ether oxygens (including phenoxy) is 4. The Balaban J connectivity index is 1.42. The van der Waals surface area contributed by atoms with Crippen LogP contribution in [-0.4, -0.2) is 56.8 Å². The normalized spacial score (nSPS) is 10.9. The molecule has 0 spiro atoms. The lowest BCUT2D eigenvalue weighted by molar-refractivity contribution is 0.323. The number of hydrogen-bond acceptors (Lipinski definition) is 8. The van der Waals surface area contributed by atoms with Gasteiger partial charge in [0.2, 0.25) is 0 Å². The van der Waals surface area contributed by atoms with E-state index in [0.717, 1.165) is 33.8 Å². The molecule has 40 heavy (non-hydrogen) atoms. The van der Waals surface area contributed by atoms with E-state index in [-0.39, 0.29) is 0 Å². The maximum atomic E-state index is 5.85. The fourth-order valence-corrected chi connectivity index (χ4v) is 4.28. The summed E-state index contributed by atoms with van der Waals surface area (Å²) in [6.45, 7) is 9.97. The maximum Gasteiger partial charge on any atom is 0.181 e. The molecule has 0 aliphatic carbocycles. The Morgan fingerprint density at radius 1 is 0.550 bits per heavy atom. The zero-order valence-electron chi connectivity index (χ0n) is 23.0. The molecule has 0 saturated heterocycles. The van der Waals surface area contributed by atoms with Crippen LogP contribution in [0.1, 0.15) is 27.7 Å². The number of rotatable bonds is 12. The second-order valence-electron chi connectivity index (χ2n) is 8.64. The van der Waals surface area contributed by atoms with E-state index in [2.05, 4.69) is 20.4 Å². The predicted octanol–water partition coefficient (Wildman–Crippen LogP) is 6.19. The molecule has 0 saturated carbocycles. The van der Waals surface area contributed by atoms with Crippen LogP contribution >= 0.6 is 0 Å². The highest BCUT2D eigenvalue weighted by molar-refractivity contribution is 5.72. The summed E-state index contributed by atoms with van der Waals surface area (Å²) in [6, 6.07) is 19.2. The van der Waals surface area contributed by atoms with Crippen molar-refractivity contribution >= 4 is 0 Å². The summed E-state index contributed by atoms with van der Waals surface area (Å²) in [5.74, 6) is 5.15. The fraction of sp³-hybridized carbons (Fsp3) is 0.267. The molecular weight excluding hydrogens is 508 g/mol. The first-order valence-electron chi connectivity index (χ1n) is 13.4. The average molecular weight is 541 g/mol. The number of H-pyrrole nitrogens is 2. The van der Waals surface area contributed by atoms with E-state index in [1.54, 1.807) is 0 Å². The molecule has 0 amide bonds. The van der Waals surface area contributed by atoms with Crippen molar-refractivity contribution in [2.45, 2.75) is 27.7 Å². The van der Waals surface area contributed by atoms with Gasteiger partial charge in [-0.05, 0) is 58.0 Å². The zero-order chi connectivity index (χ0) is 27.9. The van der Waals surface area contributed by atoms with E-state index in [4.69, 9.17) is 28.9 Å². The summed E-state index contributed by atoms with van der Waals surface area (Å²) in [4.78, 5) is 9.50. The molecule has 3 aromatic carbocycles. The van der Waals surface area contributed by atoms with Crippen molar-refractivity contribution < 1.29 is 18.9 Å². The molecule has 5 aromatic rings. The lowest BCUT2D eigenvalue weighted by atomic mass is 10.1. The molecule has 5 rings (SSSR count). The minimum atomic E-state index is 0.521. The van der Waals surface area contributed by atoms with Crippen LogP contribution in [0.25, 0.3) is 45.6 Å². The summed E-state index contributed by atoms with van der Waals surface area (Å²) in [5.41, 5.74) is 3.26. The van der Waals surface area contributed by atoms with Crippen LogP contribution < -0.4 is 18.9 Å². The van der Waals surface area contributed by atoms with Crippen LogP contribution in [0, 0.1) is 0 Å². The first-order chi connectivity index (χ1) is 19.6. The molecule has 2 N–H and O–H groups in total. The van der Waals surface area contributed by atoms with Gasteiger partial charge in [0.15, 0.2) is 23.3 Å². The Bertz CT molecular complexity index is 1470. The largest absolute Gasteiger partial charge is 0.494 e. The smallest absolute Gasteiger partial charge is 0.181 e. The second-order valence-corrected chi connectivity index (χ2v) is 8.64. The molecule has 206 valence electrons. The number of nitrogens with zero attached hydrogens (tertiary/aromatic N) is 4. The summed E-state index contributed by atoms with van der Waals surface area (Å²) in [7, 11) is 0. The molecule has 10 heteroatoms. The molecule has 2 aromatic heterocycles. The first kappa shape index (κ1) is 26.7. The van der Waals surface area contributed by atoms with Crippen LogP contribution in [0.4, 0.5) is 0 Å². The van der Waals surface area contributed by atoms with Gasteiger partial charge in [-0.25, -0.2) is 9.97 Å².